The van der Waals surface area contributed by atoms with Crippen molar-refractivity contribution < 1.29 is 9.90 Å². The summed E-state index contributed by atoms with van der Waals surface area (Å²) in [5, 5.41) is 23.0. The van der Waals surface area contributed by atoms with Crippen LogP contribution in [0.2, 0.25) is 0 Å². The normalized spacial score (nSPS) is 16.2. The summed E-state index contributed by atoms with van der Waals surface area (Å²) in [5.74, 6) is -0.226. The monoisotopic (exact) mass is 457 g/mol. The number of rotatable bonds is 5. The van der Waals surface area contributed by atoms with Gasteiger partial charge in [-0.1, -0.05) is 18.2 Å². The first-order chi connectivity index (χ1) is 16.3. The van der Waals surface area contributed by atoms with E-state index in [1.54, 1.807) is 43.3 Å². The largest absolute Gasteiger partial charge is 0.507 e. The van der Waals surface area contributed by atoms with Crippen LogP contribution in [0.1, 0.15) is 18.9 Å². The number of phenols is 1. The van der Waals surface area contributed by atoms with Gasteiger partial charge >= 0.3 is 0 Å². The highest BCUT2D eigenvalue weighted by Gasteiger charge is 2.24. The molecule has 2 aromatic carbocycles. The van der Waals surface area contributed by atoms with Gasteiger partial charge in [0.2, 0.25) is 5.91 Å². The molecule has 0 saturated carbocycles. The van der Waals surface area contributed by atoms with Crippen molar-refractivity contribution in [2.45, 2.75) is 25.4 Å². The number of anilines is 3. The van der Waals surface area contributed by atoms with E-state index in [0.29, 0.717) is 34.6 Å². The quantitative estimate of drug-likeness (QED) is 0.389. The Morgan fingerprint density at radius 1 is 1.26 bits per heavy atom. The van der Waals surface area contributed by atoms with Crippen molar-refractivity contribution in [1.82, 2.24) is 4.98 Å². The fourth-order valence-corrected chi connectivity index (χ4v) is 4.07. The minimum atomic E-state index is -0.698. The fourth-order valence-electron chi connectivity index (χ4n) is 4.07. The van der Waals surface area contributed by atoms with Gasteiger partial charge in [0, 0.05) is 30.3 Å². The number of hydrogen-bond acceptors (Lipinski definition) is 8. The summed E-state index contributed by atoms with van der Waals surface area (Å²) < 4.78 is 0. The lowest BCUT2D eigenvalue weighted by molar-refractivity contribution is -0.117. The van der Waals surface area contributed by atoms with E-state index in [1.165, 1.54) is 0 Å². The van der Waals surface area contributed by atoms with Gasteiger partial charge in [-0.2, -0.15) is 5.26 Å². The van der Waals surface area contributed by atoms with Crippen LogP contribution in [-0.4, -0.2) is 41.2 Å². The van der Waals surface area contributed by atoms with Crippen molar-refractivity contribution >= 4 is 23.1 Å². The van der Waals surface area contributed by atoms with Crippen LogP contribution in [0.4, 0.5) is 17.2 Å². The van der Waals surface area contributed by atoms with Crippen molar-refractivity contribution in [1.29, 1.82) is 5.26 Å². The fraction of sp³-hybridized carbons (Fsp3) is 0.240. The number of para-hydroxylation sites is 1. The van der Waals surface area contributed by atoms with Gasteiger partial charge in [-0.25, -0.2) is 4.98 Å². The summed E-state index contributed by atoms with van der Waals surface area (Å²) in [7, 11) is 0. The Morgan fingerprint density at radius 2 is 2.03 bits per heavy atom. The van der Waals surface area contributed by atoms with Crippen LogP contribution in [0.15, 0.2) is 48.5 Å². The summed E-state index contributed by atoms with van der Waals surface area (Å²) in [6.45, 7) is 3.05. The van der Waals surface area contributed by atoms with Gasteiger partial charge in [-0.15, -0.1) is 0 Å². The maximum absolute atomic E-state index is 12.5. The highest BCUT2D eigenvalue weighted by Crippen LogP contribution is 2.38. The predicted octanol–water partition coefficient (Wildman–Crippen LogP) is 2.40. The lowest BCUT2D eigenvalue weighted by atomic mass is 9.97. The van der Waals surface area contributed by atoms with Crippen molar-refractivity contribution in [3.8, 4) is 34.2 Å². The van der Waals surface area contributed by atoms with Gasteiger partial charge in [0.15, 0.2) is 0 Å². The number of hydrogen-bond donors (Lipinski definition) is 5. The molecule has 9 heteroatoms. The summed E-state index contributed by atoms with van der Waals surface area (Å²) >= 11 is 0. The number of carbonyl (C=O) groups is 1. The molecule has 34 heavy (non-hydrogen) atoms. The molecule has 1 amide bonds. The molecule has 3 aromatic rings. The summed E-state index contributed by atoms with van der Waals surface area (Å²) in [6.07, 6.45) is 0.853. The standard InChI is InChI=1S/C25H27N7O2/c1-14(27)25(34)31-21-10-15(6-7-22(21)32-9-8-16(28)13-32)18-11-20(30-24(29)19(18)12-26)17-4-2-3-5-23(17)33/h2-7,10-11,14,16,33H,8-9,13,27-28H2,1H3,(H2,29,30)(H,31,34)/t14-,16?/m0/s1. The van der Waals surface area contributed by atoms with Gasteiger partial charge < -0.3 is 32.5 Å². The molecule has 0 radical (unpaired) electrons. The SMILES string of the molecule is C[C@H](N)C(=O)Nc1cc(-c2cc(-c3ccccc3O)nc(N)c2C#N)ccc1N1CCC(N)C1. The smallest absolute Gasteiger partial charge is 0.241 e. The minimum Gasteiger partial charge on any atom is -0.507 e. The molecule has 1 aliphatic heterocycles. The first-order valence-electron chi connectivity index (χ1n) is 11.0. The Morgan fingerprint density at radius 3 is 2.68 bits per heavy atom. The molecule has 4 rings (SSSR count). The molecule has 1 fully saturated rings. The number of carbonyl (C=O) groups excluding carboxylic acids is 1. The van der Waals surface area contributed by atoms with E-state index in [9.17, 15) is 15.2 Å². The number of phenolic OH excluding ortho intramolecular Hbond substituents is 1. The zero-order valence-electron chi connectivity index (χ0n) is 18.8. The Balaban J connectivity index is 1.86. The third-order valence-corrected chi connectivity index (χ3v) is 5.88. The zero-order valence-corrected chi connectivity index (χ0v) is 18.8. The zero-order chi connectivity index (χ0) is 24.4. The maximum Gasteiger partial charge on any atom is 0.241 e. The number of nitriles is 1. The Kier molecular flexibility index (Phi) is 6.36. The number of aromatic nitrogens is 1. The van der Waals surface area contributed by atoms with Gasteiger partial charge in [-0.05, 0) is 49.2 Å². The Bertz CT molecular complexity index is 1280. The number of nitrogen functional groups attached to an aromatic ring is 1. The molecule has 2 atom stereocenters. The molecule has 2 heterocycles. The first-order valence-corrected chi connectivity index (χ1v) is 11.0. The van der Waals surface area contributed by atoms with Crippen LogP contribution in [0.3, 0.4) is 0 Å². The van der Waals surface area contributed by atoms with E-state index in [0.717, 1.165) is 18.7 Å². The number of aromatic hydroxyl groups is 1. The molecule has 8 N–H and O–H groups in total. The molecular weight excluding hydrogens is 430 g/mol. The lowest BCUT2D eigenvalue weighted by Crippen LogP contribution is -2.33. The molecule has 1 aliphatic rings. The minimum absolute atomic E-state index is 0.0500. The van der Waals surface area contributed by atoms with E-state index >= 15 is 0 Å². The first kappa shape index (κ1) is 23.0. The van der Waals surface area contributed by atoms with Gasteiger partial charge in [0.1, 0.15) is 23.2 Å². The molecule has 1 unspecified atom stereocenters. The van der Waals surface area contributed by atoms with Crippen molar-refractivity contribution in [3.05, 3.63) is 54.1 Å². The maximum atomic E-state index is 12.5. The molecule has 0 aliphatic carbocycles. The summed E-state index contributed by atoms with van der Waals surface area (Å²) in [5.41, 5.74) is 21.7. The molecule has 0 spiro atoms. The van der Waals surface area contributed by atoms with Crippen LogP contribution in [0.25, 0.3) is 22.4 Å². The number of pyridine rings is 1. The van der Waals surface area contributed by atoms with Crippen LogP contribution < -0.4 is 27.4 Å². The second kappa shape index (κ2) is 9.39. The Hall–Kier alpha value is -4.13. The van der Waals surface area contributed by atoms with Gasteiger partial charge in [0.25, 0.3) is 0 Å². The molecule has 174 valence electrons. The average Bonchev–Trinajstić information content (AvgIpc) is 3.24. The van der Waals surface area contributed by atoms with Crippen molar-refractivity contribution in [2.75, 3.05) is 29.0 Å². The molecule has 9 nitrogen and oxygen atoms in total. The second-order valence-electron chi connectivity index (χ2n) is 8.45. The number of amides is 1. The highest BCUT2D eigenvalue weighted by atomic mass is 16.3. The highest BCUT2D eigenvalue weighted by molar-refractivity contribution is 5.98. The van der Waals surface area contributed by atoms with E-state index in [4.69, 9.17) is 17.2 Å². The van der Waals surface area contributed by atoms with Gasteiger partial charge in [0.05, 0.1) is 23.1 Å². The second-order valence-corrected chi connectivity index (χ2v) is 8.45. The van der Waals surface area contributed by atoms with Crippen LogP contribution in [0, 0.1) is 11.3 Å². The number of nitrogens with one attached hydrogen (secondary N) is 1. The molecular formula is C25H27N7O2. The summed E-state index contributed by atoms with van der Waals surface area (Å²) in [4.78, 5) is 18.9. The lowest BCUT2D eigenvalue weighted by Gasteiger charge is -2.23. The van der Waals surface area contributed by atoms with E-state index < -0.39 is 6.04 Å². The van der Waals surface area contributed by atoms with Crippen molar-refractivity contribution in [3.63, 3.8) is 0 Å². The third-order valence-electron chi connectivity index (χ3n) is 5.88. The van der Waals surface area contributed by atoms with E-state index in [1.807, 2.05) is 12.1 Å². The van der Waals surface area contributed by atoms with Crippen molar-refractivity contribution in [2.24, 2.45) is 11.5 Å². The van der Waals surface area contributed by atoms with Crippen LogP contribution in [-0.2, 0) is 4.79 Å². The van der Waals surface area contributed by atoms with Crippen LogP contribution >= 0.6 is 0 Å². The topological polar surface area (TPSA) is 167 Å². The number of benzene rings is 2. The number of nitrogens with zero attached hydrogens (tertiary/aromatic N) is 3. The van der Waals surface area contributed by atoms with E-state index in [2.05, 4.69) is 21.3 Å². The molecule has 1 saturated heterocycles. The van der Waals surface area contributed by atoms with E-state index in [-0.39, 0.29) is 29.1 Å². The predicted molar refractivity (Wildman–Crippen MR) is 133 cm³/mol. The number of nitrogens with two attached hydrogens (primary N) is 3. The van der Waals surface area contributed by atoms with Gasteiger partial charge in [-0.3, -0.25) is 4.79 Å². The summed E-state index contributed by atoms with van der Waals surface area (Å²) in [6, 6.07) is 15.5. The third kappa shape index (κ3) is 4.50. The molecule has 1 aromatic heterocycles. The van der Waals surface area contributed by atoms with Crippen LogP contribution in [0.5, 0.6) is 5.75 Å². The Labute approximate surface area is 197 Å². The average molecular weight is 458 g/mol. The molecule has 0 bridgehead atoms.